The van der Waals surface area contributed by atoms with E-state index in [1.54, 1.807) is 27.7 Å². The highest BCUT2D eigenvalue weighted by Gasteiger charge is 2.19. The van der Waals surface area contributed by atoms with Gasteiger partial charge in [0.25, 0.3) is 0 Å². The van der Waals surface area contributed by atoms with Gasteiger partial charge in [0.05, 0.1) is 23.3 Å². The van der Waals surface area contributed by atoms with Crippen molar-refractivity contribution in [3.63, 3.8) is 0 Å². The third-order valence-corrected chi connectivity index (χ3v) is 4.40. The van der Waals surface area contributed by atoms with E-state index in [-0.39, 0.29) is 0 Å². The third-order valence-electron chi connectivity index (χ3n) is 4.15. The van der Waals surface area contributed by atoms with Crippen LogP contribution in [0.3, 0.4) is 0 Å². The van der Waals surface area contributed by atoms with Crippen molar-refractivity contribution in [1.29, 1.82) is 0 Å². The summed E-state index contributed by atoms with van der Waals surface area (Å²) in [5, 5.41) is 26.0. The second-order valence-corrected chi connectivity index (χ2v) is 6.31. The van der Waals surface area contributed by atoms with E-state index >= 15 is 0 Å². The molecule has 0 saturated carbocycles. The molecule has 0 fully saturated rings. The average Bonchev–Trinajstić information content (AvgIpc) is 3.27. The number of aromatic nitrogens is 5. The van der Waals surface area contributed by atoms with Crippen molar-refractivity contribution in [3.8, 4) is 22.8 Å². The van der Waals surface area contributed by atoms with Gasteiger partial charge < -0.3 is 5.21 Å². The lowest BCUT2D eigenvalue weighted by Crippen LogP contribution is -1.99. The van der Waals surface area contributed by atoms with Crippen LogP contribution in [0.1, 0.15) is 11.3 Å². The summed E-state index contributed by atoms with van der Waals surface area (Å²) in [6, 6.07) is 17.0. The van der Waals surface area contributed by atoms with Gasteiger partial charge in [-0.1, -0.05) is 40.2 Å². The van der Waals surface area contributed by atoms with E-state index in [1.165, 1.54) is 6.21 Å². The lowest BCUT2D eigenvalue weighted by molar-refractivity contribution is 0.322. The van der Waals surface area contributed by atoms with Gasteiger partial charge in [0.15, 0.2) is 0 Å². The Morgan fingerprint density at radius 3 is 2.44 bits per heavy atom. The minimum absolute atomic E-state index is 0.578. The number of oxime groups is 1. The number of nitrogens with zero attached hydrogens (tertiary/aromatic N) is 6. The molecular formula is C19H15ClN6O. The normalized spacial score (nSPS) is 11.3. The Morgan fingerprint density at radius 2 is 1.74 bits per heavy atom. The smallest absolute Gasteiger partial charge is 0.137 e. The number of halogens is 1. The fraction of sp³-hybridized carbons (Fsp3) is 0.0526. The van der Waals surface area contributed by atoms with Crippen LogP contribution < -0.4 is 0 Å². The van der Waals surface area contributed by atoms with Crippen molar-refractivity contribution in [2.75, 3.05) is 0 Å². The second-order valence-electron chi connectivity index (χ2n) is 5.87. The van der Waals surface area contributed by atoms with E-state index in [0.29, 0.717) is 22.0 Å². The molecule has 0 aliphatic rings. The van der Waals surface area contributed by atoms with Gasteiger partial charge in [0.1, 0.15) is 11.4 Å². The Labute approximate surface area is 160 Å². The molecule has 4 aromatic rings. The molecule has 0 aliphatic heterocycles. The zero-order valence-corrected chi connectivity index (χ0v) is 15.1. The Morgan fingerprint density at radius 1 is 1.00 bits per heavy atom. The molecule has 0 saturated heterocycles. The van der Waals surface area contributed by atoms with E-state index in [0.717, 1.165) is 17.1 Å². The largest absolute Gasteiger partial charge is 0.411 e. The van der Waals surface area contributed by atoms with Crippen LogP contribution in [-0.4, -0.2) is 36.2 Å². The monoisotopic (exact) mass is 378 g/mol. The van der Waals surface area contributed by atoms with Gasteiger partial charge in [-0.3, -0.25) is 0 Å². The number of para-hydroxylation sites is 1. The summed E-state index contributed by atoms with van der Waals surface area (Å²) < 4.78 is 3.43. The van der Waals surface area contributed by atoms with Gasteiger partial charge in [-0.15, -0.1) is 5.10 Å². The van der Waals surface area contributed by atoms with Crippen LogP contribution in [0, 0.1) is 6.92 Å². The highest BCUT2D eigenvalue weighted by atomic mass is 35.5. The molecule has 0 atom stereocenters. The average molecular weight is 379 g/mol. The van der Waals surface area contributed by atoms with Crippen LogP contribution >= 0.6 is 11.6 Å². The number of hydrogen-bond donors (Lipinski definition) is 1. The molecule has 0 spiro atoms. The quantitative estimate of drug-likeness (QED) is 0.332. The zero-order valence-electron chi connectivity index (χ0n) is 14.4. The molecule has 2 heterocycles. The van der Waals surface area contributed by atoms with E-state index in [2.05, 4.69) is 20.6 Å². The topological polar surface area (TPSA) is 81.1 Å². The fourth-order valence-electron chi connectivity index (χ4n) is 2.82. The van der Waals surface area contributed by atoms with Crippen LogP contribution in [0.15, 0.2) is 65.9 Å². The van der Waals surface area contributed by atoms with Crippen molar-refractivity contribution in [2.24, 2.45) is 5.16 Å². The molecule has 4 rings (SSSR count). The van der Waals surface area contributed by atoms with Gasteiger partial charge in [0.2, 0.25) is 0 Å². The molecule has 0 unspecified atom stereocenters. The third kappa shape index (κ3) is 3.20. The summed E-state index contributed by atoms with van der Waals surface area (Å²) >= 11 is 5.96. The zero-order chi connectivity index (χ0) is 18.8. The molecular weight excluding hydrogens is 364 g/mol. The predicted octanol–water partition coefficient (Wildman–Crippen LogP) is 3.89. The minimum atomic E-state index is 0.578. The Bertz CT molecular complexity index is 1100. The molecule has 0 bridgehead atoms. The Kier molecular flexibility index (Phi) is 4.43. The Balaban J connectivity index is 1.81. The van der Waals surface area contributed by atoms with Crippen LogP contribution in [0.25, 0.3) is 22.8 Å². The molecule has 2 aromatic heterocycles. The lowest BCUT2D eigenvalue weighted by atomic mass is 10.2. The highest BCUT2D eigenvalue weighted by molar-refractivity contribution is 6.30. The van der Waals surface area contributed by atoms with Gasteiger partial charge in [0, 0.05) is 16.8 Å². The first-order chi connectivity index (χ1) is 13.2. The molecule has 2 aromatic carbocycles. The predicted molar refractivity (Wildman–Crippen MR) is 103 cm³/mol. The molecule has 27 heavy (non-hydrogen) atoms. The number of hydrogen-bond acceptors (Lipinski definition) is 5. The summed E-state index contributed by atoms with van der Waals surface area (Å²) in [6.45, 7) is 1.91. The number of rotatable bonds is 4. The minimum Gasteiger partial charge on any atom is -0.411 e. The number of benzene rings is 2. The van der Waals surface area contributed by atoms with Crippen molar-refractivity contribution in [3.05, 3.63) is 77.1 Å². The van der Waals surface area contributed by atoms with Crippen molar-refractivity contribution < 1.29 is 5.21 Å². The summed E-state index contributed by atoms with van der Waals surface area (Å²) in [4.78, 5) is 0. The van der Waals surface area contributed by atoms with Crippen LogP contribution in [-0.2, 0) is 0 Å². The molecule has 0 aliphatic carbocycles. The Hall–Kier alpha value is -3.45. The summed E-state index contributed by atoms with van der Waals surface area (Å²) in [7, 11) is 0. The van der Waals surface area contributed by atoms with Gasteiger partial charge in [-0.05, 0) is 43.3 Å². The maximum absolute atomic E-state index is 9.03. The maximum Gasteiger partial charge on any atom is 0.137 e. The fourth-order valence-corrected chi connectivity index (χ4v) is 2.94. The van der Waals surface area contributed by atoms with Gasteiger partial charge in [-0.25, -0.2) is 9.36 Å². The first-order valence-electron chi connectivity index (χ1n) is 8.18. The second kappa shape index (κ2) is 7.05. The van der Waals surface area contributed by atoms with Gasteiger partial charge in [-0.2, -0.15) is 5.10 Å². The molecule has 8 heteroatoms. The lowest BCUT2D eigenvalue weighted by Gasteiger charge is -2.03. The first-order valence-corrected chi connectivity index (χ1v) is 8.56. The molecule has 7 nitrogen and oxygen atoms in total. The summed E-state index contributed by atoms with van der Waals surface area (Å²) in [5.74, 6) is 0. The molecule has 0 radical (unpaired) electrons. The van der Waals surface area contributed by atoms with Crippen LogP contribution in [0.5, 0.6) is 0 Å². The summed E-state index contributed by atoms with van der Waals surface area (Å²) in [6.07, 6.45) is 3.12. The van der Waals surface area contributed by atoms with Crippen molar-refractivity contribution >= 4 is 17.8 Å². The van der Waals surface area contributed by atoms with Crippen LogP contribution in [0.2, 0.25) is 5.02 Å². The van der Waals surface area contributed by atoms with Crippen molar-refractivity contribution in [2.45, 2.75) is 6.92 Å². The SMILES string of the molecule is Cc1c(-c2nn(-c3ccccc3)cc2/C=N/O)nnn1-c1ccc(Cl)cc1. The van der Waals surface area contributed by atoms with E-state index in [1.807, 2.05) is 49.4 Å². The maximum atomic E-state index is 9.03. The van der Waals surface area contributed by atoms with Crippen LogP contribution in [0.4, 0.5) is 0 Å². The molecule has 1 N–H and O–H groups in total. The highest BCUT2D eigenvalue weighted by Crippen LogP contribution is 2.25. The van der Waals surface area contributed by atoms with E-state index in [4.69, 9.17) is 16.8 Å². The standard InChI is InChI=1S/C19H15ClN6O/c1-13-18(22-24-26(13)17-9-7-15(20)8-10-17)19-14(11-21-27)12-25(23-19)16-5-3-2-4-6-16/h2-12,27H,1H3/b21-11+. The first kappa shape index (κ1) is 17.0. The summed E-state index contributed by atoms with van der Waals surface area (Å²) in [5.41, 5.74) is 4.36. The molecule has 0 amide bonds. The van der Waals surface area contributed by atoms with E-state index < -0.39 is 0 Å². The van der Waals surface area contributed by atoms with Gasteiger partial charge >= 0.3 is 0 Å². The molecule has 134 valence electrons. The van der Waals surface area contributed by atoms with E-state index in [9.17, 15) is 0 Å². The van der Waals surface area contributed by atoms with Crippen molar-refractivity contribution in [1.82, 2.24) is 24.8 Å².